The van der Waals surface area contributed by atoms with E-state index in [1.165, 1.54) is 0 Å². The molecule has 2 rings (SSSR count). The molecule has 1 heterocycles. The van der Waals surface area contributed by atoms with Crippen LogP contribution in [0.15, 0.2) is 27.4 Å². The molecule has 2 aromatic rings. The molecule has 1 aromatic heterocycles. The number of hydrogen-bond donors (Lipinski definition) is 2. The smallest absolute Gasteiger partial charge is 0.408 e. The lowest BCUT2D eigenvalue weighted by molar-refractivity contribution is -0.120. The van der Waals surface area contributed by atoms with Gasteiger partial charge in [-0.2, -0.15) is 0 Å². The molecule has 140 valence electrons. The molecule has 0 spiro atoms. The fourth-order valence-electron chi connectivity index (χ4n) is 2.56. The van der Waals surface area contributed by atoms with Crippen LogP contribution in [0.5, 0.6) is 0 Å². The highest BCUT2D eigenvalue weighted by atomic mass is 35.5. The number of oxazole rings is 1. The van der Waals surface area contributed by atoms with E-state index in [9.17, 15) is 9.59 Å². The van der Waals surface area contributed by atoms with Crippen molar-refractivity contribution >= 4 is 35.1 Å². The van der Waals surface area contributed by atoms with Crippen LogP contribution in [0.2, 0.25) is 0 Å². The van der Waals surface area contributed by atoms with E-state index in [0.717, 1.165) is 6.42 Å². The minimum atomic E-state index is -0.926. The average Bonchev–Trinajstić information content (AvgIpc) is 2.80. The number of nitrogens with two attached hydrogens (primary N) is 1. The summed E-state index contributed by atoms with van der Waals surface area (Å²) in [6.45, 7) is 4.93. The number of benzene rings is 1. The molecule has 1 unspecified atom stereocenters. The Labute approximate surface area is 153 Å². The van der Waals surface area contributed by atoms with Crippen molar-refractivity contribution < 1.29 is 9.21 Å². The molecule has 3 N–H and O–H groups in total. The third kappa shape index (κ3) is 5.07. The number of amides is 1. The van der Waals surface area contributed by atoms with Gasteiger partial charge in [-0.05, 0) is 45.6 Å². The molecule has 8 heteroatoms. The molecule has 7 nitrogen and oxygen atoms in total. The van der Waals surface area contributed by atoms with E-state index in [4.69, 9.17) is 10.2 Å². The molecule has 1 atom stereocenters. The highest BCUT2D eigenvalue weighted by Crippen LogP contribution is 2.20. The molecule has 1 aromatic carbocycles. The van der Waals surface area contributed by atoms with Gasteiger partial charge < -0.3 is 20.4 Å². The van der Waals surface area contributed by atoms with Crippen LogP contribution in [0, 0.1) is 0 Å². The van der Waals surface area contributed by atoms with Crippen LogP contribution in [0.3, 0.4) is 0 Å². The number of nitrogens with one attached hydrogen (secondary N) is 1. The third-order valence-corrected chi connectivity index (χ3v) is 3.98. The molecule has 0 fully saturated rings. The summed E-state index contributed by atoms with van der Waals surface area (Å²) in [5.74, 6) is -0.639. The number of carbonyl (C=O) groups excluding carboxylic acids is 1. The zero-order chi connectivity index (χ0) is 17.9. The van der Waals surface area contributed by atoms with Gasteiger partial charge in [0.1, 0.15) is 0 Å². The Hall–Kier alpha value is -1.83. The van der Waals surface area contributed by atoms with Crippen LogP contribution in [0.4, 0.5) is 5.69 Å². The van der Waals surface area contributed by atoms with Gasteiger partial charge in [0, 0.05) is 18.8 Å². The van der Waals surface area contributed by atoms with Crippen molar-refractivity contribution in [3.05, 3.63) is 28.7 Å². The lowest BCUT2D eigenvalue weighted by Gasteiger charge is -2.22. The van der Waals surface area contributed by atoms with Crippen LogP contribution in [0.25, 0.3) is 11.1 Å². The van der Waals surface area contributed by atoms with Gasteiger partial charge in [0.05, 0.1) is 11.1 Å². The number of carbonyl (C=O) groups is 1. The standard InChI is InChI=1S/C17H26N4O3.ClH/c1-5-8-17(2,18)15(22)19-12-6-7-14-13(11-12)21(16(23)24-14)10-9-20(3)4;/h6-7,11H,5,8-10,18H2,1-4H3,(H,19,22);1H. The number of fused-ring (bicyclic) bond motifs is 1. The maximum atomic E-state index is 12.3. The topological polar surface area (TPSA) is 93.5 Å². The maximum Gasteiger partial charge on any atom is 0.419 e. The lowest BCUT2D eigenvalue weighted by atomic mass is 9.96. The van der Waals surface area contributed by atoms with Crippen LogP contribution in [-0.4, -0.2) is 41.6 Å². The minimum Gasteiger partial charge on any atom is -0.408 e. The van der Waals surface area contributed by atoms with Crippen molar-refractivity contribution in [1.82, 2.24) is 9.47 Å². The molecule has 0 saturated heterocycles. The molecular weight excluding hydrogens is 344 g/mol. The van der Waals surface area contributed by atoms with Crippen molar-refractivity contribution in [2.75, 3.05) is 26.0 Å². The monoisotopic (exact) mass is 370 g/mol. The number of likely N-dealkylation sites (N-methyl/N-ethyl adjacent to an activating group) is 1. The summed E-state index contributed by atoms with van der Waals surface area (Å²) in [7, 11) is 3.88. The molecular formula is C17H27ClN4O3. The van der Waals surface area contributed by atoms with E-state index in [0.29, 0.717) is 36.3 Å². The van der Waals surface area contributed by atoms with E-state index >= 15 is 0 Å². The highest BCUT2D eigenvalue weighted by molar-refractivity contribution is 5.98. The lowest BCUT2D eigenvalue weighted by Crippen LogP contribution is -2.48. The Bertz CT molecular complexity index is 780. The van der Waals surface area contributed by atoms with Gasteiger partial charge in [0.25, 0.3) is 0 Å². The second-order valence-corrected chi connectivity index (χ2v) is 6.63. The molecule has 0 aliphatic heterocycles. The molecule has 1 amide bonds. The van der Waals surface area contributed by atoms with Gasteiger partial charge in [0.15, 0.2) is 5.58 Å². The molecule has 25 heavy (non-hydrogen) atoms. The second kappa shape index (κ2) is 8.51. The molecule has 0 aliphatic carbocycles. The summed E-state index contributed by atoms with van der Waals surface area (Å²) in [6.07, 6.45) is 1.42. The van der Waals surface area contributed by atoms with Crippen LogP contribution in [0.1, 0.15) is 26.7 Å². The predicted octanol–water partition coefficient (Wildman–Crippen LogP) is 2.03. The first-order valence-corrected chi connectivity index (χ1v) is 8.13. The Morgan fingerprint density at radius 3 is 2.68 bits per heavy atom. The van der Waals surface area contributed by atoms with E-state index < -0.39 is 11.3 Å². The summed E-state index contributed by atoms with van der Waals surface area (Å²) in [6, 6.07) is 5.14. The van der Waals surface area contributed by atoms with Crippen LogP contribution >= 0.6 is 12.4 Å². The number of anilines is 1. The minimum absolute atomic E-state index is 0. The van der Waals surface area contributed by atoms with Gasteiger partial charge >= 0.3 is 5.76 Å². The first kappa shape index (κ1) is 21.2. The Morgan fingerprint density at radius 2 is 2.08 bits per heavy atom. The van der Waals surface area contributed by atoms with Gasteiger partial charge in [-0.1, -0.05) is 13.3 Å². The Morgan fingerprint density at radius 1 is 1.40 bits per heavy atom. The highest BCUT2D eigenvalue weighted by Gasteiger charge is 2.27. The quantitative estimate of drug-likeness (QED) is 0.777. The first-order chi connectivity index (χ1) is 11.2. The SMILES string of the molecule is CCCC(C)(N)C(=O)Nc1ccc2oc(=O)n(CCN(C)C)c2c1.Cl. The fraction of sp³-hybridized carbons (Fsp3) is 0.529. The van der Waals surface area contributed by atoms with Gasteiger partial charge in [0.2, 0.25) is 5.91 Å². The zero-order valence-corrected chi connectivity index (χ0v) is 16.0. The van der Waals surface area contributed by atoms with Crippen LogP contribution < -0.4 is 16.8 Å². The summed E-state index contributed by atoms with van der Waals surface area (Å²) < 4.78 is 6.82. The molecule has 0 saturated carbocycles. The van der Waals surface area contributed by atoms with E-state index in [1.54, 1.807) is 29.7 Å². The van der Waals surface area contributed by atoms with Crippen molar-refractivity contribution in [3.8, 4) is 0 Å². The van der Waals surface area contributed by atoms with E-state index in [2.05, 4.69) is 5.32 Å². The fourth-order valence-corrected chi connectivity index (χ4v) is 2.56. The maximum absolute atomic E-state index is 12.3. The number of nitrogens with zero attached hydrogens (tertiary/aromatic N) is 2. The molecule has 0 aliphatic rings. The van der Waals surface area contributed by atoms with Crippen molar-refractivity contribution in [2.45, 2.75) is 38.8 Å². The number of halogens is 1. The predicted molar refractivity (Wildman–Crippen MR) is 102 cm³/mol. The second-order valence-electron chi connectivity index (χ2n) is 6.63. The van der Waals surface area contributed by atoms with Gasteiger partial charge in [-0.15, -0.1) is 12.4 Å². The normalized spacial score (nSPS) is 13.5. The average molecular weight is 371 g/mol. The van der Waals surface area contributed by atoms with Crippen molar-refractivity contribution in [3.63, 3.8) is 0 Å². The molecule has 0 radical (unpaired) electrons. The number of hydrogen-bond acceptors (Lipinski definition) is 5. The largest absolute Gasteiger partial charge is 0.419 e. The summed E-state index contributed by atoms with van der Waals surface area (Å²) in [4.78, 5) is 26.3. The zero-order valence-electron chi connectivity index (χ0n) is 15.2. The summed E-state index contributed by atoms with van der Waals surface area (Å²) in [5, 5.41) is 2.83. The van der Waals surface area contributed by atoms with E-state index in [-0.39, 0.29) is 18.3 Å². The number of rotatable bonds is 7. The summed E-state index contributed by atoms with van der Waals surface area (Å²) >= 11 is 0. The number of aromatic nitrogens is 1. The first-order valence-electron chi connectivity index (χ1n) is 8.13. The van der Waals surface area contributed by atoms with Gasteiger partial charge in [-0.3, -0.25) is 9.36 Å². The van der Waals surface area contributed by atoms with Crippen molar-refractivity contribution in [1.29, 1.82) is 0 Å². The Balaban J connectivity index is 0.00000312. The Kier molecular flexibility index (Phi) is 7.22. The van der Waals surface area contributed by atoms with Crippen LogP contribution in [-0.2, 0) is 11.3 Å². The van der Waals surface area contributed by atoms with E-state index in [1.807, 2.05) is 25.9 Å². The third-order valence-electron chi connectivity index (χ3n) is 3.98. The van der Waals surface area contributed by atoms with Gasteiger partial charge in [-0.25, -0.2) is 4.79 Å². The van der Waals surface area contributed by atoms with Crippen molar-refractivity contribution in [2.24, 2.45) is 5.73 Å². The molecule has 0 bridgehead atoms. The summed E-state index contributed by atoms with van der Waals surface area (Å²) in [5.41, 5.74) is 6.89.